The van der Waals surface area contributed by atoms with Crippen molar-refractivity contribution in [2.24, 2.45) is 5.92 Å². The van der Waals surface area contributed by atoms with Gasteiger partial charge in [0.25, 0.3) is 0 Å². The van der Waals surface area contributed by atoms with Crippen LogP contribution in [0.25, 0.3) is 0 Å². The number of aryl methyl sites for hydroxylation is 1. The van der Waals surface area contributed by atoms with Crippen molar-refractivity contribution in [2.45, 2.75) is 39.8 Å². The Balaban J connectivity index is 2.08. The van der Waals surface area contributed by atoms with Crippen LogP contribution < -0.4 is 14.4 Å². The number of ether oxygens (including phenoxy) is 1. The van der Waals surface area contributed by atoms with Crippen LogP contribution in [0.15, 0.2) is 72.8 Å². The molecule has 0 bridgehead atoms. The molecule has 8 nitrogen and oxygen atoms in total. The van der Waals surface area contributed by atoms with Gasteiger partial charge >= 0.3 is 0 Å². The predicted molar refractivity (Wildman–Crippen MR) is 164 cm³/mol. The second kappa shape index (κ2) is 14.4. The summed E-state index contributed by atoms with van der Waals surface area (Å²) in [5.74, 6) is -0.335. The molecule has 0 saturated heterocycles. The number of nitrogens with one attached hydrogen (secondary N) is 1. The van der Waals surface area contributed by atoms with Crippen molar-refractivity contribution in [3.63, 3.8) is 0 Å². The van der Waals surface area contributed by atoms with Crippen LogP contribution in [0.1, 0.15) is 30.5 Å². The molecule has 0 radical (unpaired) electrons. The van der Waals surface area contributed by atoms with Gasteiger partial charge in [-0.3, -0.25) is 13.9 Å². The fourth-order valence-corrected chi connectivity index (χ4v) is 5.32. The number of anilines is 1. The Kier molecular flexibility index (Phi) is 11.2. The number of nitrogens with zero attached hydrogens (tertiary/aromatic N) is 2. The summed E-state index contributed by atoms with van der Waals surface area (Å²) in [6, 6.07) is 20.6. The Morgan fingerprint density at radius 1 is 0.976 bits per heavy atom. The summed E-state index contributed by atoms with van der Waals surface area (Å²) in [7, 11) is -2.47. The molecule has 0 fully saturated rings. The van der Waals surface area contributed by atoms with E-state index in [1.165, 1.54) is 12.0 Å². The lowest BCUT2D eigenvalue weighted by atomic mass is 10.0. The van der Waals surface area contributed by atoms with E-state index in [9.17, 15) is 18.0 Å². The first-order valence-electron chi connectivity index (χ1n) is 13.4. The maximum absolute atomic E-state index is 14.2. The van der Waals surface area contributed by atoms with Gasteiger partial charge in [-0.05, 0) is 53.8 Å². The molecular formula is C31H38ClN3O5S. The SMILES string of the molecule is COc1ccc(C)cc1N(CC(=O)N(Cc1ccc(Cl)cc1)[C@H](Cc1ccccc1)C(=O)NCC(C)C)S(C)(=O)=O. The number of benzene rings is 3. The molecule has 3 rings (SSSR count). The second-order valence-electron chi connectivity index (χ2n) is 10.4. The zero-order valence-corrected chi connectivity index (χ0v) is 25.7. The van der Waals surface area contributed by atoms with E-state index in [0.717, 1.165) is 27.3 Å². The highest BCUT2D eigenvalue weighted by molar-refractivity contribution is 7.92. The second-order valence-corrected chi connectivity index (χ2v) is 12.8. The van der Waals surface area contributed by atoms with Gasteiger partial charge in [0.1, 0.15) is 18.3 Å². The predicted octanol–water partition coefficient (Wildman–Crippen LogP) is 4.84. The zero-order valence-electron chi connectivity index (χ0n) is 24.1. The minimum absolute atomic E-state index is 0.0746. The van der Waals surface area contributed by atoms with E-state index in [-0.39, 0.29) is 30.5 Å². The first-order valence-corrected chi connectivity index (χ1v) is 15.6. The van der Waals surface area contributed by atoms with Gasteiger partial charge in [0, 0.05) is 24.5 Å². The summed E-state index contributed by atoms with van der Waals surface area (Å²) in [6.07, 6.45) is 1.29. The smallest absolute Gasteiger partial charge is 0.244 e. The third-order valence-corrected chi connectivity index (χ3v) is 7.88. The van der Waals surface area contributed by atoms with Crippen molar-refractivity contribution < 1.29 is 22.7 Å². The van der Waals surface area contributed by atoms with Crippen LogP contribution in [0.3, 0.4) is 0 Å². The standard InChI is InChI=1S/C31H38ClN3O5S/c1-22(2)19-33-31(37)28(18-24-9-7-6-8-10-24)34(20-25-12-14-26(32)15-13-25)30(36)21-35(41(5,38)39)27-17-23(3)11-16-29(27)40-4/h6-17,22,28H,18-21H2,1-5H3,(H,33,37)/t28-/m1/s1. The van der Waals surface area contributed by atoms with Crippen LogP contribution in [0.5, 0.6) is 5.75 Å². The molecule has 0 heterocycles. The number of methoxy groups -OCH3 is 1. The third-order valence-electron chi connectivity index (χ3n) is 6.50. The molecular weight excluding hydrogens is 562 g/mol. The minimum Gasteiger partial charge on any atom is -0.495 e. The molecule has 0 spiro atoms. The highest BCUT2D eigenvalue weighted by Crippen LogP contribution is 2.31. The van der Waals surface area contributed by atoms with E-state index in [1.54, 1.807) is 42.5 Å². The van der Waals surface area contributed by atoms with Gasteiger partial charge < -0.3 is 15.0 Å². The van der Waals surface area contributed by atoms with E-state index in [4.69, 9.17) is 16.3 Å². The molecule has 1 atom stereocenters. The zero-order chi connectivity index (χ0) is 30.2. The summed E-state index contributed by atoms with van der Waals surface area (Å²) >= 11 is 6.10. The number of sulfonamides is 1. The molecule has 2 amide bonds. The molecule has 0 aromatic heterocycles. The molecule has 0 aliphatic heterocycles. The van der Waals surface area contributed by atoms with Crippen molar-refractivity contribution in [3.05, 3.63) is 94.5 Å². The Bertz CT molecular complexity index is 1430. The summed E-state index contributed by atoms with van der Waals surface area (Å²) in [6.45, 7) is 5.79. The molecule has 0 aliphatic carbocycles. The highest BCUT2D eigenvalue weighted by Gasteiger charge is 2.33. The lowest BCUT2D eigenvalue weighted by Crippen LogP contribution is -2.53. The third kappa shape index (κ3) is 9.23. The van der Waals surface area contributed by atoms with Crippen LogP contribution >= 0.6 is 11.6 Å². The fourth-order valence-electron chi connectivity index (χ4n) is 4.35. The van der Waals surface area contributed by atoms with Gasteiger partial charge in [-0.15, -0.1) is 0 Å². The lowest BCUT2D eigenvalue weighted by molar-refractivity contribution is -0.140. The summed E-state index contributed by atoms with van der Waals surface area (Å²) in [5.41, 5.74) is 2.66. The monoisotopic (exact) mass is 599 g/mol. The molecule has 3 aromatic carbocycles. The van der Waals surface area contributed by atoms with Crippen molar-refractivity contribution in [2.75, 3.05) is 30.8 Å². The van der Waals surface area contributed by atoms with Crippen LogP contribution in [-0.4, -0.2) is 57.6 Å². The minimum atomic E-state index is -3.91. The molecule has 0 aliphatic rings. The van der Waals surface area contributed by atoms with E-state index in [1.807, 2.05) is 51.1 Å². The first kappa shape index (κ1) is 32.0. The Hall–Kier alpha value is -3.56. The van der Waals surface area contributed by atoms with Gasteiger partial charge in [0.2, 0.25) is 21.8 Å². The molecule has 0 unspecified atom stereocenters. The number of hydrogen-bond donors (Lipinski definition) is 1. The highest BCUT2D eigenvalue weighted by atomic mass is 35.5. The largest absolute Gasteiger partial charge is 0.495 e. The van der Waals surface area contributed by atoms with Gasteiger partial charge in [-0.25, -0.2) is 8.42 Å². The Labute approximate surface area is 248 Å². The maximum atomic E-state index is 14.2. The molecule has 220 valence electrons. The van der Waals surface area contributed by atoms with Gasteiger partial charge in [-0.2, -0.15) is 0 Å². The Morgan fingerprint density at radius 2 is 1.63 bits per heavy atom. The average Bonchev–Trinajstić information content (AvgIpc) is 2.93. The van der Waals surface area contributed by atoms with Crippen LogP contribution in [0.4, 0.5) is 5.69 Å². The van der Waals surface area contributed by atoms with E-state index in [0.29, 0.717) is 17.3 Å². The lowest BCUT2D eigenvalue weighted by Gasteiger charge is -2.34. The molecule has 41 heavy (non-hydrogen) atoms. The number of amides is 2. The van der Waals surface area contributed by atoms with Gasteiger partial charge in [0.15, 0.2) is 0 Å². The molecule has 3 aromatic rings. The van der Waals surface area contributed by atoms with Crippen molar-refractivity contribution in [1.82, 2.24) is 10.2 Å². The van der Waals surface area contributed by atoms with Crippen LogP contribution in [0.2, 0.25) is 5.02 Å². The summed E-state index contributed by atoms with van der Waals surface area (Å²) < 4.78 is 32.6. The summed E-state index contributed by atoms with van der Waals surface area (Å²) in [4.78, 5) is 29.3. The molecule has 10 heteroatoms. The van der Waals surface area contributed by atoms with E-state index >= 15 is 0 Å². The van der Waals surface area contributed by atoms with Gasteiger partial charge in [0.05, 0.1) is 19.1 Å². The van der Waals surface area contributed by atoms with Crippen LogP contribution in [-0.2, 0) is 32.6 Å². The van der Waals surface area contributed by atoms with Crippen molar-refractivity contribution in [3.8, 4) is 5.75 Å². The molecule has 0 saturated carbocycles. The van der Waals surface area contributed by atoms with E-state index < -0.39 is 28.5 Å². The quantitative estimate of drug-likeness (QED) is 0.303. The Morgan fingerprint density at radius 3 is 2.22 bits per heavy atom. The van der Waals surface area contributed by atoms with Gasteiger partial charge in [-0.1, -0.05) is 74.0 Å². The number of rotatable bonds is 13. The van der Waals surface area contributed by atoms with E-state index in [2.05, 4.69) is 5.32 Å². The summed E-state index contributed by atoms with van der Waals surface area (Å²) in [5, 5.41) is 3.51. The molecule has 1 N–H and O–H groups in total. The number of hydrogen-bond acceptors (Lipinski definition) is 5. The van der Waals surface area contributed by atoms with Crippen molar-refractivity contribution in [1.29, 1.82) is 0 Å². The maximum Gasteiger partial charge on any atom is 0.244 e. The van der Waals surface area contributed by atoms with Crippen molar-refractivity contribution >= 4 is 39.1 Å². The first-order chi connectivity index (χ1) is 19.4. The number of carbonyl (C=O) groups excluding carboxylic acids is 2. The number of halogens is 1. The van der Waals surface area contributed by atoms with Crippen LogP contribution in [0, 0.1) is 12.8 Å². The number of carbonyl (C=O) groups is 2. The average molecular weight is 600 g/mol. The fraction of sp³-hybridized carbons (Fsp3) is 0.355. The normalized spacial score (nSPS) is 12.1. The topological polar surface area (TPSA) is 96.0 Å².